The number of ether oxygens (including phenoxy) is 1. The van der Waals surface area contributed by atoms with Gasteiger partial charge in [0.15, 0.2) is 0 Å². The van der Waals surface area contributed by atoms with E-state index in [0.717, 1.165) is 18.4 Å². The van der Waals surface area contributed by atoms with Gasteiger partial charge in [0, 0.05) is 18.0 Å². The Labute approximate surface area is 117 Å². The molecule has 5 heteroatoms. The molecule has 19 heavy (non-hydrogen) atoms. The quantitative estimate of drug-likeness (QED) is 0.622. The molecule has 2 aromatic heterocycles. The van der Waals surface area contributed by atoms with Gasteiger partial charge < -0.3 is 4.74 Å². The summed E-state index contributed by atoms with van der Waals surface area (Å²) in [6, 6.07) is 4.02. The molecule has 0 bridgehead atoms. The van der Waals surface area contributed by atoms with Gasteiger partial charge in [-0.15, -0.1) is 0 Å². The standard InChI is InChI=1S/C14H16ClN3O/c1-10-13(15)17-11(2)18-14(10)19-9-3-4-12-5-7-16-8-6-12/h5-8H,3-4,9H2,1-2H3. The first kappa shape index (κ1) is 13.7. The summed E-state index contributed by atoms with van der Waals surface area (Å²) in [5.74, 6) is 1.20. The van der Waals surface area contributed by atoms with E-state index in [1.165, 1.54) is 5.56 Å². The second-order valence-electron chi connectivity index (χ2n) is 4.30. The number of aryl methyl sites for hydroxylation is 2. The molecule has 0 amide bonds. The highest BCUT2D eigenvalue weighted by molar-refractivity contribution is 6.30. The van der Waals surface area contributed by atoms with Gasteiger partial charge in [-0.1, -0.05) is 11.6 Å². The lowest BCUT2D eigenvalue weighted by Crippen LogP contribution is -2.04. The molecule has 2 heterocycles. The van der Waals surface area contributed by atoms with Crippen LogP contribution in [0.1, 0.15) is 23.4 Å². The van der Waals surface area contributed by atoms with Crippen molar-refractivity contribution >= 4 is 11.6 Å². The summed E-state index contributed by atoms with van der Waals surface area (Å²) in [5, 5.41) is 0.455. The maximum absolute atomic E-state index is 5.99. The van der Waals surface area contributed by atoms with E-state index in [0.29, 0.717) is 23.5 Å². The zero-order valence-corrected chi connectivity index (χ0v) is 11.8. The van der Waals surface area contributed by atoms with Crippen LogP contribution in [0.25, 0.3) is 0 Å². The Balaban J connectivity index is 1.86. The fraction of sp³-hybridized carbons (Fsp3) is 0.357. The van der Waals surface area contributed by atoms with Gasteiger partial charge in [-0.25, -0.2) is 4.98 Å². The maximum atomic E-state index is 5.99. The minimum atomic E-state index is 0.455. The third-order valence-corrected chi connectivity index (χ3v) is 3.12. The Kier molecular flexibility index (Phi) is 4.68. The largest absolute Gasteiger partial charge is 0.477 e. The van der Waals surface area contributed by atoms with Gasteiger partial charge in [-0.3, -0.25) is 4.98 Å². The van der Waals surface area contributed by atoms with Crippen LogP contribution in [-0.2, 0) is 6.42 Å². The number of aromatic nitrogens is 3. The van der Waals surface area contributed by atoms with Gasteiger partial charge in [-0.2, -0.15) is 4.98 Å². The molecule has 0 atom stereocenters. The van der Waals surface area contributed by atoms with Crippen molar-refractivity contribution in [2.24, 2.45) is 0 Å². The Morgan fingerprint density at radius 3 is 2.63 bits per heavy atom. The molecule has 0 aliphatic carbocycles. The predicted molar refractivity (Wildman–Crippen MR) is 74.6 cm³/mol. The lowest BCUT2D eigenvalue weighted by molar-refractivity contribution is 0.296. The average molecular weight is 278 g/mol. The molecule has 0 unspecified atom stereocenters. The van der Waals surface area contributed by atoms with E-state index in [1.54, 1.807) is 19.3 Å². The van der Waals surface area contributed by atoms with Crippen molar-refractivity contribution in [1.82, 2.24) is 15.0 Å². The van der Waals surface area contributed by atoms with E-state index in [1.807, 2.05) is 19.1 Å². The van der Waals surface area contributed by atoms with Crippen molar-refractivity contribution in [3.8, 4) is 5.88 Å². The fourth-order valence-corrected chi connectivity index (χ4v) is 1.91. The zero-order chi connectivity index (χ0) is 13.7. The van der Waals surface area contributed by atoms with Crippen LogP contribution in [-0.4, -0.2) is 21.6 Å². The van der Waals surface area contributed by atoms with Crippen molar-refractivity contribution in [3.63, 3.8) is 0 Å². The first-order valence-corrected chi connectivity index (χ1v) is 6.57. The van der Waals surface area contributed by atoms with Crippen LogP contribution < -0.4 is 4.74 Å². The molecule has 0 saturated heterocycles. The topological polar surface area (TPSA) is 47.9 Å². The van der Waals surface area contributed by atoms with Crippen molar-refractivity contribution in [3.05, 3.63) is 46.6 Å². The Bertz CT molecular complexity index is 546. The molecule has 100 valence electrons. The molecule has 0 fully saturated rings. The maximum Gasteiger partial charge on any atom is 0.221 e. The highest BCUT2D eigenvalue weighted by Gasteiger charge is 2.08. The summed E-state index contributed by atoms with van der Waals surface area (Å²) < 4.78 is 5.67. The first-order valence-electron chi connectivity index (χ1n) is 6.19. The predicted octanol–water partition coefficient (Wildman–Crippen LogP) is 3.15. The zero-order valence-electron chi connectivity index (χ0n) is 11.1. The van der Waals surface area contributed by atoms with E-state index in [4.69, 9.17) is 16.3 Å². The van der Waals surface area contributed by atoms with Crippen LogP contribution in [0.15, 0.2) is 24.5 Å². The smallest absolute Gasteiger partial charge is 0.221 e. The summed E-state index contributed by atoms with van der Waals surface area (Å²) in [7, 11) is 0. The monoisotopic (exact) mass is 277 g/mol. The number of hydrogen-bond donors (Lipinski definition) is 0. The summed E-state index contributed by atoms with van der Waals surface area (Å²) in [5.41, 5.74) is 2.04. The first-order chi connectivity index (χ1) is 9.16. The molecular weight excluding hydrogens is 262 g/mol. The Hall–Kier alpha value is -1.68. The highest BCUT2D eigenvalue weighted by Crippen LogP contribution is 2.21. The average Bonchev–Trinajstić information content (AvgIpc) is 2.41. The van der Waals surface area contributed by atoms with E-state index in [9.17, 15) is 0 Å². The van der Waals surface area contributed by atoms with E-state index < -0.39 is 0 Å². The fourth-order valence-electron chi connectivity index (χ4n) is 1.71. The molecule has 0 N–H and O–H groups in total. The van der Waals surface area contributed by atoms with Crippen LogP contribution in [0.3, 0.4) is 0 Å². The van der Waals surface area contributed by atoms with E-state index >= 15 is 0 Å². The summed E-state index contributed by atoms with van der Waals surface area (Å²) in [6.45, 7) is 4.27. The molecule has 0 aliphatic rings. The second kappa shape index (κ2) is 6.48. The number of rotatable bonds is 5. The minimum absolute atomic E-state index is 0.455. The molecule has 0 aromatic carbocycles. The SMILES string of the molecule is Cc1nc(Cl)c(C)c(OCCCc2ccncc2)n1. The number of halogens is 1. The number of nitrogens with zero attached hydrogens (tertiary/aromatic N) is 3. The van der Waals surface area contributed by atoms with Crippen LogP contribution in [0.2, 0.25) is 5.15 Å². The minimum Gasteiger partial charge on any atom is -0.477 e. The van der Waals surface area contributed by atoms with Gasteiger partial charge in [-0.05, 0) is 44.4 Å². The van der Waals surface area contributed by atoms with Crippen molar-refractivity contribution in [2.45, 2.75) is 26.7 Å². The van der Waals surface area contributed by atoms with Gasteiger partial charge in [0.25, 0.3) is 0 Å². The normalized spacial score (nSPS) is 10.5. The van der Waals surface area contributed by atoms with Crippen molar-refractivity contribution < 1.29 is 4.74 Å². The lowest BCUT2D eigenvalue weighted by atomic mass is 10.1. The van der Waals surface area contributed by atoms with Crippen molar-refractivity contribution in [2.75, 3.05) is 6.61 Å². The van der Waals surface area contributed by atoms with E-state index in [-0.39, 0.29) is 0 Å². The summed E-state index contributed by atoms with van der Waals surface area (Å²) in [4.78, 5) is 12.3. The molecule has 0 aliphatic heterocycles. The van der Waals surface area contributed by atoms with Gasteiger partial charge in [0.1, 0.15) is 11.0 Å². The molecule has 0 spiro atoms. The van der Waals surface area contributed by atoms with Gasteiger partial charge in [0.2, 0.25) is 5.88 Å². The third kappa shape index (κ3) is 3.89. The number of pyridine rings is 1. The lowest BCUT2D eigenvalue weighted by Gasteiger charge is -2.09. The summed E-state index contributed by atoms with van der Waals surface area (Å²) in [6.07, 6.45) is 5.48. The highest BCUT2D eigenvalue weighted by atomic mass is 35.5. The second-order valence-corrected chi connectivity index (χ2v) is 4.66. The van der Waals surface area contributed by atoms with Crippen LogP contribution >= 0.6 is 11.6 Å². The van der Waals surface area contributed by atoms with Crippen LogP contribution in [0, 0.1) is 13.8 Å². The van der Waals surface area contributed by atoms with Gasteiger partial charge in [0.05, 0.1) is 6.61 Å². The molecular formula is C14H16ClN3O. The summed E-state index contributed by atoms with van der Waals surface area (Å²) >= 11 is 5.99. The number of hydrogen-bond acceptors (Lipinski definition) is 4. The Morgan fingerprint density at radius 1 is 1.16 bits per heavy atom. The molecule has 4 nitrogen and oxygen atoms in total. The van der Waals surface area contributed by atoms with Crippen molar-refractivity contribution in [1.29, 1.82) is 0 Å². The van der Waals surface area contributed by atoms with Gasteiger partial charge >= 0.3 is 0 Å². The third-order valence-electron chi connectivity index (χ3n) is 2.75. The Morgan fingerprint density at radius 2 is 1.89 bits per heavy atom. The molecule has 2 aromatic rings. The molecule has 2 rings (SSSR count). The molecule has 0 saturated carbocycles. The molecule has 0 radical (unpaired) electrons. The van der Waals surface area contributed by atoms with E-state index in [2.05, 4.69) is 15.0 Å². The van der Waals surface area contributed by atoms with Crippen LogP contribution in [0.5, 0.6) is 5.88 Å². The van der Waals surface area contributed by atoms with Crippen LogP contribution in [0.4, 0.5) is 0 Å².